The Hall–Kier alpha value is -1.89. The van der Waals surface area contributed by atoms with E-state index >= 15 is 0 Å². The Labute approximate surface area is 169 Å². The molecule has 1 saturated heterocycles. The molecule has 6 heteroatoms. The molecular weight excluding hydrogens is 370 g/mol. The van der Waals surface area contributed by atoms with Crippen molar-refractivity contribution in [1.29, 1.82) is 0 Å². The molecule has 1 atom stereocenters. The van der Waals surface area contributed by atoms with E-state index in [1.54, 1.807) is 0 Å². The zero-order valence-corrected chi connectivity index (χ0v) is 17.7. The van der Waals surface area contributed by atoms with E-state index in [0.29, 0.717) is 13.0 Å². The normalized spacial score (nSPS) is 16.2. The topological polar surface area (TPSA) is 52.7 Å². The second-order valence-corrected chi connectivity index (χ2v) is 9.57. The van der Waals surface area contributed by atoms with Crippen molar-refractivity contribution in [2.45, 2.75) is 25.3 Å². The SMILES string of the molecule is CN(C)c1ccc([C@@H](CNS(=O)(=O)CCc2ccccc2)N2CCCC2)cc1. The Balaban J connectivity index is 1.65. The van der Waals surface area contributed by atoms with Crippen LogP contribution in [0.4, 0.5) is 5.69 Å². The van der Waals surface area contributed by atoms with Gasteiger partial charge in [-0.15, -0.1) is 0 Å². The molecule has 0 aromatic heterocycles. The van der Waals surface area contributed by atoms with Gasteiger partial charge in [0.05, 0.1) is 5.75 Å². The van der Waals surface area contributed by atoms with Crippen molar-refractivity contribution in [3.63, 3.8) is 0 Å². The summed E-state index contributed by atoms with van der Waals surface area (Å²) in [5.74, 6) is 0.114. The summed E-state index contributed by atoms with van der Waals surface area (Å²) in [6.45, 7) is 2.45. The van der Waals surface area contributed by atoms with Crippen molar-refractivity contribution < 1.29 is 8.42 Å². The first kappa shape index (κ1) is 20.8. The van der Waals surface area contributed by atoms with Crippen LogP contribution in [0, 0.1) is 0 Å². The minimum absolute atomic E-state index is 0.0743. The molecule has 0 amide bonds. The maximum atomic E-state index is 12.6. The van der Waals surface area contributed by atoms with E-state index in [-0.39, 0.29) is 11.8 Å². The van der Waals surface area contributed by atoms with Gasteiger partial charge in [0.25, 0.3) is 0 Å². The highest BCUT2D eigenvalue weighted by Crippen LogP contribution is 2.26. The lowest BCUT2D eigenvalue weighted by Gasteiger charge is -2.28. The zero-order valence-electron chi connectivity index (χ0n) is 16.8. The van der Waals surface area contributed by atoms with Crippen LogP contribution in [0.5, 0.6) is 0 Å². The van der Waals surface area contributed by atoms with Crippen LogP contribution in [0.3, 0.4) is 0 Å². The molecule has 1 N–H and O–H groups in total. The van der Waals surface area contributed by atoms with E-state index in [1.807, 2.05) is 44.4 Å². The Morgan fingerprint density at radius 2 is 1.64 bits per heavy atom. The Kier molecular flexibility index (Phi) is 7.10. The lowest BCUT2D eigenvalue weighted by Crippen LogP contribution is -2.38. The summed E-state index contributed by atoms with van der Waals surface area (Å²) in [6.07, 6.45) is 2.88. The fourth-order valence-corrected chi connectivity index (χ4v) is 4.74. The van der Waals surface area contributed by atoms with E-state index in [2.05, 4.69) is 38.8 Å². The molecule has 0 aliphatic carbocycles. The van der Waals surface area contributed by atoms with Gasteiger partial charge in [-0.25, -0.2) is 13.1 Å². The highest BCUT2D eigenvalue weighted by atomic mass is 32.2. The first-order chi connectivity index (χ1) is 13.4. The number of rotatable bonds is 9. The average Bonchev–Trinajstić information content (AvgIpc) is 3.22. The quantitative estimate of drug-likeness (QED) is 0.702. The zero-order chi connectivity index (χ0) is 20.0. The van der Waals surface area contributed by atoms with Crippen molar-refractivity contribution in [3.8, 4) is 0 Å². The summed E-state index contributed by atoms with van der Waals surface area (Å²) in [6, 6.07) is 18.3. The van der Waals surface area contributed by atoms with Crippen molar-refractivity contribution in [2.75, 3.05) is 44.4 Å². The monoisotopic (exact) mass is 401 g/mol. The van der Waals surface area contributed by atoms with Crippen LogP contribution in [0.15, 0.2) is 54.6 Å². The molecule has 1 heterocycles. The summed E-state index contributed by atoms with van der Waals surface area (Å²) in [7, 11) is 0.724. The number of likely N-dealkylation sites (tertiary alicyclic amines) is 1. The number of benzene rings is 2. The van der Waals surface area contributed by atoms with Crippen molar-refractivity contribution in [3.05, 3.63) is 65.7 Å². The van der Waals surface area contributed by atoms with Crippen LogP contribution < -0.4 is 9.62 Å². The summed E-state index contributed by atoms with van der Waals surface area (Å²) in [4.78, 5) is 4.46. The highest BCUT2D eigenvalue weighted by molar-refractivity contribution is 7.89. The molecule has 3 rings (SSSR count). The molecular formula is C22H31N3O2S. The van der Waals surface area contributed by atoms with Crippen molar-refractivity contribution >= 4 is 15.7 Å². The summed E-state index contributed by atoms with van der Waals surface area (Å²) < 4.78 is 28.0. The van der Waals surface area contributed by atoms with E-state index < -0.39 is 10.0 Å². The Morgan fingerprint density at radius 1 is 1.00 bits per heavy atom. The molecule has 1 fully saturated rings. The lowest BCUT2D eigenvalue weighted by atomic mass is 10.1. The van der Waals surface area contributed by atoms with Crippen LogP contribution in [0.1, 0.15) is 30.0 Å². The molecule has 5 nitrogen and oxygen atoms in total. The van der Waals surface area contributed by atoms with Gasteiger partial charge in [0.1, 0.15) is 0 Å². The van der Waals surface area contributed by atoms with Gasteiger partial charge in [-0.1, -0.05) is 42.5 Å². The predicted octanol–water partition coefficient (Wildman–Crippen LogP) is 3.05. The largest absolute Gasteiger partial charge is 0.378 e. The number of nitrogens with one attached hydrogen (secondary N) is 1. The molecule has 2 aromatic carbocycles. The average molecular weight is 402 g/mol. The third-order valence-corrected chi connectivity index (χ3v) is 6.72. The van der Waals surface area contributed by atoms with E-state index in [0.717, 1.165) is 24.3 Å². The van der Waals surface area contributed by atoms with Gasteiger partial charge < -0.3 is 4.90 Å². The predicted molar refractivity (Wildman–Crippen MR) is 116 cm³/mol. The summed E-state index contributed by atoms with van der Waals surface area (Å²) in [5.41, 5.74) is 3.36. The first-order valence-electron chi connectivity index (χ1n) is 9.97. The van der Waals surface area contributed by atoms with E-state index in [1.165, 1.54) is 18.4 Å². The van der Waals surface area contributed by atoms with Gasteiger partial charge in [-0.3, -0.25) is 4.90 Å². The molecule has 0 saturated carbocycles. The number of hydrogen-bond acceptors (Lipinski definition) is 4. The molecule has 1 aliphatic heterocycles. The first-order valence-corrected chi connectivity index (χ1v) is 11.6. The second kappa shape index (κ2) is 9.54. The Morgan fingerprint density at radius 3 is 2.25 bits per heavy atom. The highest BCUT2D eigenvalue weighted by Gasteiger charge is 2.25. The smallest absolute Gasteiger partial charge is 0.211 e. The number of anilines is 1. The molecule has 0 radical (unpaired) electrons. The van der Waals surface area contributed by atoms with Gasteiger partial charge in [-0.2, -0.15) is 0 Å². The van der Waals surface area contributed by atoms with Crippen LogP contribution in [0.2, 0.25) is 0 Å². The maximum absolute atomic E-state index is 12.6. The fraction of sp³-hybridized carbons (Fsp3) is 0.455. The van der Waals surface area contributed by atoms with Gasteiger partial charge in [0.2, 0.25) is 10.0 Å². The summed E-state index contributed by atoms with van der Waals surface area (Å²) in [5, 5.41) is 0. The third kappa shape index (κ3) is 5.80. The fourth-order valence-electron chi connectivity index (χ4n) is 3.68. The molecule has 152 valence electrons. The lowest BCUT2D eigenvalue weighted by molar-refractivity contribution is 0.246. The maximum Gasteiger partial charge on any atom is 0.211 e. The Bertz CT molecular complexity index is 830. The van der Waals surface area contributed by atoms with Gasteiger partial charge >= 0.3 is 0 Å². The van der Waals surface area contributed by atoms with Crippen LogP contribution >= 0.6 is 0 Å². The minimum Gasteiger partial charge on any atom is -0.378 e. The van der Waals surface area contributed by atoms with Crippen LogP contribution in [0.25, 0.3) is 0 Å². The third-order valence-electron chi connectivity index (χ3n) is 5.37. The molecule has 0 unspecified atom stereocenters. The summed E-state index contributed by atoms with van der Waals surface area (Å²) >= 11 is 0. The van der Waals surface area contributed by atoms with E-state index in [4.69, 9.17) is 0 Å². The van der Waals surface area contributed by atoms with Crippen LogP contribution in [-0.4, -0.2) is 52.8 Å². The molecule has 0 spiro atoms. The molecule has 1 aliphatic rings. The van der Waals surface area contributed by atoms with Gasteiger partial charge in [0, 0.05) is 32.4 Å². The van der Waals surface area contributed by atoms with Gasteiger partial charge in [-0.05, 0) is 55.6 Å². The van der Waals surface area contributed by atoms with Crippen molar-refractivity contribution in [2.24, 2.45) is 0 Å². The van der Waals surface area contributed by atoms with Crippen molar-refractivity contribution in [1.82, 2.24) is 9.62 Å². The van der Waals surface area contributed by atoms with E-state index in [9.17, 15) is 8.42 Å². The van der Waals surface area contributed by atoms with Gasteiger partial charge in [0.15, 0.2) is 0 Å². The molecule has 0 bridgehead atoms. The standard InChI is InChI=1S/C22H31N3O2S/c1-24(2)21-12-10-20(11-13-21)22(25-15-6-7-16-25)18-23-28(26,27)17-14-19-8-4-3-5-9-19/h3-5,8-13,22-23H,6-7,14-18H2,1-2H3/t22-/m1/s1. The number of aryl methyl sites for hydroxylation is 1. The number of hydrogen-bond donors (Lipinski definition) is 1. The minimum atomic E-state index is -3.32. The number of sulfonamides is 1. The molecule has 2 aromatic rings. The van der Waals surface area contributed by atoms with Crippen LogP contribution in [-0.2, 0) is 16.4 Å². The second-order valence-electron chi connectivity index (χ2n) is 7.65. The number of nitrogens with zero attached hydrogens (tertiary/aromatic N) is 2. The molecule has 28 heavy (non-hydrogen) atoms.